The Hall–Kier alpha value is -5.33. The van der Waals surface area contributed by atoms with E-state index in [1.165, 1.54) is 38.3 Å². The van der Waals surface area contributed by atoms with Gasteiger partial charge >= 0.3 is 11.9 Å². The molecule has 0 amide bonds. The third kappa shape index (κ3) is 4.35. The Morgan fingerprint density at radius 3 is 2.02 bits per heavy atom. The molecule has 2 aliphatic heterocycles. The van der Waals surface area contributed by atoms with Gasteiger partial charge in [0.2, 0.25) is 12.6 Å². The molecule has 0 aromatic heterocycles. The quantitative estimate of drug-likeness (QED) is 0.0872. The minimum Gasteiger partial charge on any atom is -0.497 e. The summed E-state index contributed by atoms with van der Waals surface area (Å²) in [6, 6.07) is 13.4. The molecule has 4 aromatic rings. The molecule has 1 N–H and O–H groups in total. The van der Waals surface area contributed by atoms with E-state index in [9.17, 15) is 31.5 Å². The molecule has 6 rings (SSSR count). The van der Waals surface area contributed by atoms with Gasteiger partial charge in [0, 0.05) is 41.4 Å². The van der Waals surface area contributed by atoms with Crippen LogP contribution in [-0.4, -0.2) is 25.8 Å². The topological polar surface area (TPSA) is 92.3 Å². The number of methoxy groups -OCH3 is 1. The summed E-state index contributed by atoms with van der Waals surface area (Å²) >= 11 is 0. The monoisotopic (exact) mass is 599 g/mol. The number of esters is 2. The lowest BCUT2D eigenvalue weighted by Gasteiger charge is -2.36. The Morgan fingerprint density at radius 1 is 0.814 bits per heavy atom. The molecule has 0 saturated heterocycles. The first-order chi connectivity index (χ1) is 20.5. The second kappa shape index (κ2) is 10.2. The maximum Gasteiger partial charge on any atom is 0.340 e. The number of benzene rings is 4. The number of ether oxygens (including phenoxy) is 5. The highest BCUT2D eigenvalue weighted by atomic mass is 19.2. The molecule has 0 radical (unpaired) electrons. The zero-order valence-electron chi connectivity index (χ0n) is 22.2. The van der Waals surface area contributed by atoms with Gasteiger partial charge in [-0.3, -0.25) is 4.79 Å². The fraction of sp³-hybridized carbons (Fsp3) is 0.133. The van der Waals surface area contributed by atoms with Gasteiger partial charge in [-0.05, 0) is 36.4 Å². The van der Waals surface area contributed by atoms with Crippen LogP contribution in [0.4, 0.5) is 33.3 Å². The summed E-state index contributed by atoms with van der Waals surface area (Å²) in [7, 11) is 1.46. The van der Waals surface area contributed by atoms with Gasteiger partial charge in [-0.25, -0.2) is 26.7 Å². The van der Waals surface area contributed by atoms with E-state index in [0.717, 1.165) is 0 Å². The zero-order valence-corrected chi connectivity index (χ0v) is 22.2. The number of fused-ring (bicyclic) bond motifs is 6. The Morgan fingerprint density at radius 2 is 1.40 bits per heavy atom. The highest BCUT2D eigenvalue weighted by Gasteiger charge is 2.53. The number of rotatable bonds is 6. The summed E-state index contributed by atoms with van der Waals surface area (Å²) in [5.74, 6) is -10.8. The summed E-state index contributed by atoms with van der Waals surface area (Å²) in [5.41, 5.74) is -1.93. The molecule has 1 atom stereocenters. The summed E-state index contributed by atoms with van der Waals surface area (Å²) < 4.78 is 97.5. The van der Waals surface area contributed by atoms with Crippen molar-refractivity contribution in [2.75, 3.05) is 19.2 Å². The number of carbonyl (C=O) groups is 2. The van der Waals surface area contributed by atoms with Crippen molar-refractivity contribution >= 4 is 23.3 Å². The van der Waals surface area contributed by atoms with E-state index in [1.54, 1.807) is 30.3 Å². The highest BCUT2D eigenvalue weighted by Crippen LogP contribution is 2.57. The largest absolute Gasteiger partial charge is 0.497 e. The fourth-order valence-electron chi connectivity index (χ4n) is 5.02. The molecule has 0 fully saturated rings. The number of hydrogen-bond donors (Lipinski definition) is 1. The summed E-state index contributed by atoms with van der Waals surface area (Å²) in [5, 5.41) is 2.18. The van der Waals surface area contributed by atoms with Crippen LogP contribution in [0.15, 0.2) is 54.6 Å². The van der Waals surface area contributed by atoms with E-state index in [4.69, 9.17) is 23.7 Å². The molecule has 43 heavy (non-hydrogen) atoms. The maximum atomic E-state index is 14.3. The first-order valence-electron chi connectivity index (χ1n) is 12.5. The normalized spacial score (nSPS) is 16.0. The number of anilines is 2. The van der Waals surface area contributed by atoms with Crippen LogP contribution in [0, 0.1) is 29.1 Å². The molecule has 0 saturated carbocycles. The van der Waals surface area contributed by atoms with Crippen molar-refractivity contribution < 1.29 is 55.2 Å². The van der Waals surface area contributed by atoms with Gasteiger partial charge in [0.15, 0.2) is 28.9 Å². The molecule has 1 unspecified atom stereocenters. The van der Waals surface area contributed by atoms with Crippen molar-refractivity contribution in [3.8, 4) is 23.0 Å². The SMILES string of the molecule is COc1ccc2c(c1)Oc1cc(OCOC(C)=O)ccc1C21OC(=O)c2cc(Nc3c(F)c(F)c(F)c(F)c3F)ccc21. The Kier molecular flexibility index (Phi) is 6.59. The maximum absolute atomic E-state index is 14.3. The van der Waals surface area contributed by atoms with Crippen LogP contribution in [0.2, 0.25) is 0 Å². The first kappa shape index (κ1) is 27.8. The van der Waals surface area contributed by atoms with Crippen molar-refractivity contribution in [3.63, 3.8) is 0 Å². The van der Waals surface area contributed by atoms with Crippen molar-refractivity contribution in [3.05, 3.63) is 106 Å². The zero-order chi connectivity index (χ0) is 30.6. The lowest BCUT2D eigenvalue weighted by molar-refractivity contribution is -0.147. The second-order valence-electron chi connectivity index (χ2n) is 9.42. The van der Waals surface area contributed by atoms with Crippen LogP contribution in [0.3, 0.4) is 0 Å². The average Bonchev–Trinajstić information content (AvgIpc) is 3.28. The summed E-state index contributed by atoms with van der Waals surface area (Å²) in [6.07, 6.45) is 0. The van der Waals surface area contributed by atoms with E-state index >= 15 is 0 Å². The fourth-order valence-corrected chi connectivity index (χ4v) is 5.02. The highest BCUT2D eigenvalue weighted by molar-refractivity contribution is 5.98. The van der Waals surface area contributed by atoms with E-state index in [1.807, 2.05) is 0 Å². The molecular formula is C30H18F5NO7. The van der Waals surface area contributed by atoms with Crippen molar-refractivity contribution in [2.24, 2.45) is 0 Å². The van der Waals surface area contributed by atoms with Gasteiger partial charge < -0.3 is 29.0 Å². The third-order valence-electron chi connectivity index (χ3n) is 6.95. The number of halogens is 5. The van der Waals surface area contributed by atoms with E-state index in [2.05, 4.69) is 5.32 Å². The molecule has 13 heteroatoms. The average molecular weight is 599 g/mol. The van der Waals surface area contributed by atoms with Crippen LogP contribution in [0.5, 0.6) is 23.0 Å². The second-order valence-corrected chi connectivity index (χ2v) is 9.42. The molecule has 220 valence electrons. The summed E-state index contributed by atoms with van der Waals surface area (Å²) in [6.45, 7) is 0.865. The van der Waals surface area contributed by atoms with E-state index in [-0.39, 0.29) is 35.3 Å². The van der Waals surface area contributed by atoms with Gasteiger partial charge in [0.05, 0.1) is 12.7 Å². The molecular weight excluding hydrogens is 581 g/mol. The van der Waals surface area contributed by atoms with E-state index < -0.39 is 52.3 Å². The van der Waals surface area contributed by atoms with Crippen molar-refractivity contribution in [1.82, 2.24) is 0 Å². The third-order valence-corrected chi connectivity index (χ3v) is 6.95. The van der Waals surface area contributed by atoms with Gasteiger partial charge in [0.1, 0.15) is 28.7 Å². The van der Waals surface area contributed by atoms with Crippen molar-refractivity contribution in [1.29, 1.82) is 0 Å². The molecule has 1 spiro atoms. The minimum absolute atomic E-state index is 0.0429. The van der Waals surface area contributed by atoms with Gasteiger partial charge in [0.25, 0.3) is 0 Å². The van der Waals surface area contributed by atoms with Gasteiger partial charge in [-0.15, -0.1) is 0 Å². The number of nitrogens with one attached hydrogen (secondary N) is 1. The molecule has 8 nitrogen and oxygen atoms in total. The smallest absolute Gasteiger partial charge is 0.340 e. The molecule has 0 aliphatic carbocycles. The first-order valence-corrected chi connectivity index (χ1v) is 12.5. The predicted molar refractivity (Wildman–Crippen MR) is 138 cm³/mol. The lowest BCUT2D eigenvalue weighted by atomic mass is 9.77. The van der Waals surface area contributed by atoms with Crippen LogP contribution in [0.1, 0.15) is 34.0 Å². The predicted octanol–water partition coefficient (Wildman–Crippen LogP) is 6.60. The standard InChI is InChI=1S/C30H18F5NO7/c1-13(37)40-12-41-16-5-8-20-22(11-16)42-21-10-15(39-2)4-7-19(21)30(20)18-6-3-14(9-17(18)29(38)43-30)36-28-26(34)24(32)23(31)25(33)27(28)35/h3-11,36H,12H2,1-2H3. The van der Waals surface area contributed by atoms with Crippen LogP contribution >= 0.6 is 0 Å². The number of carbonyl (C=O) groups excluding carboxylic acids is 2. The summed E-state index contributed by atoms with van der Waals surface area (Å²) in [4.78, 5) is 24.4. The van der Waals surface area contributed by atoms with E-state index in [0.29, 0.717) is 22.4 Å². The Balaban J connectivity index is 1.47. The van der Waals surface area contributed by atoms with Crippen LogP contribution < -0.4 is 19.5 Å². The van der Waals surface area contributed by atoms with Crippen LogP contribution in [-0.2, 0) is 19.9 Å². The van der Waals surface area contributed by atoms with Gasteiger partial charge in [-0.2, -0.15) is 0 Å². The molecule has 2 aliphatic rings. The molecule has 2 heterocycles. The Bertz CT molecular complexity index is 1820. The molecule has 4 aromatic carbocycles. The van der Waals surface area contributed by atoms with Crippen LogP contribution in [0.25, 0.3) is 0 Å². The molecule has 0 bridgehead atoms. The Labute approximate surface area is 239 Å². The van der Waals surface area contributed by atoms with Gasteiger partial charge in [-0.1, -0.05) is 6.07 Å². The minimum atomic E-state index is -2.30. The van der Waals surface area contributed by atoms with Crippen molar-refractivity contribution in [2.45, 2.75) is 12.5 Å². The lowest BCUT2D eigenvalue weighted by Crippen LogP contribution is -2.33. The number of hydrogen-bond acceptors (Lipinski definition) is 8.